The van der Waals surface area contributed by atoms with Crippen molar-refractivity contribution in [2.45, 2.75) is 124 Å². The van der Waals surface area contributed by atoms with E-state index in [2.05, 4.69) is 27.2 Å². The molecule has 378 valence electrons. The molecule has 0 aromatic heterocycles. The zero-order chi connectivity index (χ0) is 51.1. The number of ether oxygens (including phenoxy) is 4. The summed E-state index contributed by atoms with van der Waals surface area (Å²) in [6.45, 7) is 17.2. The van der Waals surface area contributed by atoms with Crippen molar-refractivity contribution in [3.63, 3.8) is 0 Å². The molecular weight excluding hydrogens is 891 g/mol. The smallest absolute Gasteiger partial charge is 0.316 e. The van der Waals surface area contributed by atoms with Crippen molar-refractivity contribution in [1.29, 1.82) is 0 Å². The number of morpholine rings is 1. The second-order valence-corrected chi connectivity index (χ2v) is 20.8. The number of carbonyl (C=O) groups is 6. The number of rotatable bonds is 25. The zero-order valence-corrected chi connectivity index (χ0v) is 42.3. The van der Waals surface area contributed by atoms with Crippen LogP contribution in [-0.4, -0.2) is 116 Å². The number of carbonyl (C=O) groups excluding carboxylic acids is 6. The molecule has 0 radical (unpaired) electrons. The van der Waals surface area contributed by atoms with Gasteiger partial charge in [-0.25, -0.2) is 0 Å². The van der Waals surface area contributed by atoms with Crippen LogP contribution in [0.1, 0.15) is 91.3 Å². The molecule has 2 heterocycles. The Bertz CT molecular complexity index is 2300. The van der Waals surface area contributed by atoms with Crippen LogP contribution in [0.3, 0.4) is 0 Å². The van der Waals surface area contributed by atoms with E-state index in [9.17, 15) is 28.8 Å². The van der Waals surface area contributed by atoms with E-state index in [0.717, 1.165) is 16.7 Å². The number of nitrogens with zero attached hydrogens (tertiary/aromatic N) is 1. The average molecular weight is 965 g/mol. The fourth-order valence-corrected chi connectivity index (χ4v) is 8.38. The highest BCUT2D eigenvalue weighted by molar-refractivity contribution is 5.99. The summed E-state index contributed by atoms with van der Waals surface area (Å²) in [5.74, 6) is 0.363. The molecule has 2 aliphatic rings. The molecule has 4 N–H and O–H groups in total. The van der Waals surface area contributed by atoms with Crippen LogP contribution in [0.15, 0.2) is 78.9 Å². The Kier molecular flexibility index (Phi) is 19.7. The number of aryl methyl sites for hydroxylation is 1. The minimum absolute atomic E-state index is 0.0115. The molecule has 3 aromatic rings. The quantitative estimate of drug-likeness (QED) is 0.0287. The van der Waals surface area contributed by atoms with Gasteiger partial charge in [-0.3, -0.25) is 28.8 Å². The number of esters is 1. The number of hydrogen-bond acceptors (Lipinski definition) is 10. The second-order valence-electron chi connectivity index (χ2n) is 20.8. The molecule has 4 amide bonds. The Morgan fingerprint density at radius 1 is 0.729 bits per heavy atom. The number of terminal acetylenes is 1. The number of epoxide rings is 1. The fourth-order valence-electron chi connectivity index (χ4n) is 8.38. The number of benzene rings is 3. The van der Waals surface area contributed by atoms with Crippen LogP contribution in [0, 0.1) is 29.6 Å². The lowest BCUT2D eigenvalue weighted by atomic mass is 9.93. The minimum atomic E-state index is -1.09. The molecule has 4 unspecified atom stereocenters. The summed E-state index contributed by atoms with van der Waals surface area (Å²) < 4.78 is 23.0. The molecule has 15 nitrogen and oxygen atoms in total. The van der Waals surface area contributed by atoms with Crippen LogP contribution >= 0.6 is 0 Å². The molecule has 70 heavy (non-hydrogen) atoms. The molecule has 0 bridgehead atoms. The summed E-state index contributed by atoms with van der Waals surface area (Å²) >= 11 is 0. The first-order valence-electron chi connectivity index (χ1n) is 24.5. The Morgan fingerprint density at radius 2 is 1.29 bits per heavy atom. The molecule has 5 rings (SSSR count). The first kappa shape index (κ1) is 54.9. The van der Waals surface area contributed by atoms with E-state index >= 15 is 0 Å². The minimum Gasteiger partial charge on any atom is -0.477 e. The third-order valence-electron chi connectivity index (χ3n) is 12.5. The maximum absolute atomic E-state index is 14.6. The van der Waals surface area contributed by atoms with E-state index in [1.165, 1.54) is 0 Å². The van der Waals surface area contributed by atoms with E-state index in [1.807, 2.05) is 94.4 Å². The summed E-state index contributed by atoms with van der Waals surface area (Å²) in [5, 5.41) is 11.9. The number of hydrogen-bond donors (Lipinski definition) is 4. The standard InChI is InChI=1S/C55H73N5O10/c1-10-27-68-47-33-41(22-24-46(47)70-53(66)54(6,7)8)34-60(25-28-67-29-26-60)35-48(61)56-42(23-21-39-17-13-11-14-18-39)50(63)58-44(31-38(4)5)51(64)59-45(32-40-19-15-12-16-20-40)52(65)57-43(30-37(2)3)49(62)55(9)36-69-55/h1,11-20,22,24,33,37-38,42-45H,21,23,25-32,34-36H2,2-9H3,(H3-,56,57,58,59,61,63,64,65)/p+1/t42?,43?,44?,45?,55-/m1/s1. The third kappa shape index (κ3) is 16.8. The van der Waals surface area contributed by atoms with Crippen LogP contribution in [0.25, 0.3) is 0 Å². The van der Waals surface area contributed by atoms with Crippen LogP contribution in [0.2, 0.25) is 0 Å². The zero-order valence-electron chi connectivity index (χ0n) is 42.3. The van der Waals surface area contributed by atoms with Crippen LogP contribution < -0.4 is 30.7 Å². The van der Waals surface area contributed by atoms with Crippen molar-refractivity contribution in [1.82, 2.24) is 21.3 Å². The van der Waals surface area contributed by atoms with Gasteiger partial charge in [-0.05, 0) is 94.5 Å². The highest BCUT2D eigenvalue weighted by atomic mass is 16.6. The van der Waals surface area contributed by atoms with Gasteiger partial charge in [-0.15, -0.1) is 6.42 Å². The lowest BCUT2D eigenvalue weighted by Gasteiger charge is -2.41. The molecule has 0 saturated carbocycles. The topological polar surface area (TPSA) is 191 Å². The number of ketones is 1. The van der Waals surface area contributed by atoms with Gasteiger partial charge < -0.3 is 44.7 Å². The first-order valence-corrected chi connectivity index (χ1v) is 24.5. The van der Waals surface area contributed by atoms with Crippen molar-refractivity contribution in [2.75, 3.05) is 46.1 Å². The SMILES string of the molecule is C#CCOc1cc(C[N+]2(CC(=O)NC(CCc3ccccc3)C(=O)NC(CC(C)C)C(=O)NC(Cc3ccccc3)C(=O)NC(CC(C)C)C(=O)[C@@]3(C)CO3)CCOCC2)ccc1OC(=O)C(C)(C)C. The van der Waals surface area contributed by atoms with Crippen LogP contribution in [0.4, 0.5) is 0 Å². The van der Waals surface area contributed by atoms with Gasteiger partial charge in [0.25, 0.3) is 5.91 Å². The van der Waals surface area contributed by atoms with Gasteiger partial charge in [0, 0.05) is 12.0 Å². The first-order chi connectivity index (χ1) is 33.2. The van der Waals surface area contributed by atoms with Gasteiger partial charge >= 0.3 is 5.97 Å². The third-order valence-corrected chi connectivity index (χ3v) is 12.5. The molecule has 15 heteroatoms. The Balaban J connectivity index is 1.37. The molecule has 2 fully saturated rings. The summed E-state index contributed by atoms with van der Waals surface area (Å²) in [4.78, 5) is 83.9. The molecular formula is C55H74N5O10+. The predicted molar refractivity (Wildman–Crippen MR) is 266 cm³/mol. The van der Waals surface area contributed by atoms with Crippen LogP contribution in [0.5, 0.6) is 11.5 Å². The molecule has 2 saturated heterocycles. The molecule has 5 atom stereocenters. The normalized spacial score (nSPS) is 18.0. The van der Waals surface area contributed by atoms with Crippen molar-refractivity contribution >= 4 is 35.4 Å². The Morgan fingerprint density at radius 3 is 1.87 bits per heavy atom. The van der Waals surface area contributed by atoms with Crippen molar-refractivity contribution < 1.29 is 52.2 Å². The molecule has 2 aliphatic heterocycles. The van der Waals surface area contributed by atoms with Crippen molar-refractivity contribution in [3.8, 4) is 23.8 Å². The van der Waals surface area contributed by atoms with E-state index in [0.29, 0.717) is 55.9 Å². The van der Waals surface area contributed by atoms with Crippen molar-refractivity contribution in [3.05, 3.63) is 95.6 Å². The van der Waals surface area contributed by atoms with Crippen LogP contribution in [-0.2, 0) is 57.6 Å². The summed E-state index contributed by atoms with van der Waals surface area (Å²) in [5.41, 5.74) is 0.843. The van der Waals surface area contributed by atoms with Crippen molar-refractivity contribution in [2.24, 2.45) is 17.3 Å². The average Bonchev–Trinajstić information content (AvgIpc) is 4.07. The fraction of sp³-hybridized carbons (Fsp3) is 0.527. The maximum atomic E-state index is 14.6. The lowest BCUT2D eigenvalue weighted by Crippen LogP contribution is -2.61. The van der Waals surface area contributed by atoms with Gasteiger partial charge in [-0.1, -0.05) is 94.3 Å². The monoisotopic (exact) mass is 965 g/mol. The predicted octanol–water partition coefficient (Wildman–Crippen LogP) is 5.26. The summed E-state index contributed by atoms with van der Waals surface area (Å²) in [7, 11) is 0. The summed E-state index contributed by atoms with van der Waals surface area (Å²) in [6.07, 6.45) is 6.97. The van der Waals surface area contributed by atoms with E-state index in [1.54, 1.807) is 39.8 Å². The molecule has 3 aromatic carbocycles. The van der Waals surface area contributed by atoms with Gasteiger partial charge in [-0.2, -0.15) is 0 Å². The van der Waals surface area contributed by atoms with E-state index in [-0.39, 0.29) is 68.3 Å². The van der Waals surface area contributed by atoms with Gasteiger partial charge in [0.15, 0.2) is 23.8 Å². The lowest BCUT2D eigenvalue weighted by molar-refractivity contribution is -0.940. The van der Waals surface area contributed by atoms with Gasteiger partial charge in [0.05, 0.1) is 31.3 Å². The Labute approximate surface area is 414 Å². The second kappa shape index (κ2) is 25.2. The van der Waals surface area contributed by atoms with E-state index in [4.69, 9.17) is 25.4 Å². The Hall–Kier alpha value is -6.08. The highest BCUT2D eigenvalue weighted by Crippen LogP contribution is 2.33. The largest absolute Gasteiger partial charge is 0.477 e. The number of Topliss-reactive ketones (excluding diaryl/α,β-unsaturated/α-hetero) is 1. The summed E-state index contributed by atoms with van der Waals surface area (Å²) in [6, 6.07) is 20.1. The number of quaternary nitrogens is 1. The van der Waals surface area contributed by atoms with Gasteiger partial charge in [0.2, 0.25) is 17.7 Å². The number of amides is 4. The highest BCUT2D eigenvalue weighted by Gasteiger charge is 2.50. The molecule has 0 spiro atoms. The van der Waals surface area contributed by atoms with E-state index < -0.39 is 58.9 Å². The molecule has 0 aliphatic carbocycles. The van der Waals surface area contributed by atoms with Gasteiger partial charge in [0.1, 0.15) is 50.0 Å². The number of nitrogens with one attached hydrogen (secondary N) is 4. The maximum Gasteiger partial charge on any atom is 0.316 e.